The molecule has 6 heteroatoms. The van der Waals surface area contributed by atoms with E-state index in [1.54, 1.807) is 42.7 Å². The molecule has 3 rings (SSSR count). The van der Waals surface area contributed by atoms with E-state index in [4.69, 9.17) is 0 Å². The Bertz CT molecular complexity index is 876. The van der Waals surface area contributed by atoms with Crippen molar-refractivity contribution < 1.29 is 9.59 Å². The number of benzene rings is 1. The van der Waals surface area contributed by atoms with Crippen molar-refractivity contribution in [3.63, 3.8) is 0 Å². The Morgan fingerprint density at radius 2 is 1.64 bits per heavy atom. The number of hydrogen-bond donors (Lipinski definition) is 2. The predicted octanol–water partition coefficient (Wildman–Crippen LogP) is 3.68. The lowest BCUT2D eigenvalue weighted by molar-refractivity contribution is 0.101. The van der Waals surface area contributed by atoms with Crippen molar-refractivity contribution in [3.8, 4) is 0 Å². The first-order chi connectivity index (χ1) is 12.1. The van der Waals surface area contributed by atoms with E-state index in [0.717, 1.165) is 11.4 Å². The van der Waals surface area contributed by atoms with Gasteiger partial charge < -0.3 is 10.6 Å². The molecule has 0 fully saturated rings. The molecular weight excluding hydrogens is 316 g/mol. The van der Waals surface area contributed by atoms with Crippen LogP contribution in [0.1, 0.15) is 27.6 Å². The maximum absolute atomic E-state index is 12.0. The zero-order valence-corrected chi connectivity index (χ0v) is 13.6. The van der Waals surface area contributed by atoms with Gasteiger partial charge in [0.25, 0.3) is 5.91 Å². The summed E-state index contributed by atoms with van der Waals surface area (Å²) in [6.07, 6.45) is 4.73. The van der Waals surface area contributed by atoms with Crippen LogP contribution in [-0.4, -0.2) is 21.7 Å². The summed E-state index contributed by atoms with van der Waals surface area (Å²) in [5.74, 6) is 0.217. The van der Waals surface area contributed by atoms with Crippen LogP contribution in [-0.2, 0) is 0 Å². The molecule has 6 nitrogen and oxygen atoms in total. The van der Waals surface area contributed by atoms with Crippen molar-refractivity contribution in [2.75, 3.05) is 10.6 Å². The molecule has 2 N–H and O–H groups in total. The Kier molecular flexibility index (Phi) is 4.80. The van der Waals surface area contributed by atoms with E-state index >= 15 is 0 Å². The minimum atomic E-state index is -0.263. The summed E-state index contributed by atoms with van der Waals surface area (Å²) in [6.45, 7) is 1.53. The Hall–Kier alpha value is -3.54. The van der Waals surface area contributed by atoms with Gasteiger partial charge in [0.05, 0.1) is 17.4 Å². The monoisotopic (exact) mass is 332 g/mol. The van der Waals surface area contributed by atoms with Gasteiger partial charge in [0, 0.05) is 23.6 Å². The summed E-state index contributed by atoms with van der Waals surface area (Å²) in [5, 5.41) is 5.90. The fourth-order valence-corrected chi connectivity index (χ4v) is 2.18. The number of Topliss-reactive ketones (excluding diaryl/α,β-unsaturated/α-hetero) is 1. The highest BCUT2D eigenvalue weighted by molar-refractivity contribution is 6.03. The smallest absolute Gasteiger partial charge is 0.258 e. The maximum Gasteiger partial charge on any atom is 0.258 e. The molecular formula is C19H16N4O2. The lowest BCUT2D eigenvalue weighted by atomic mass is 10.1. The third kappa shape index (κ3) is 4.26. The fourth-order valence-electron chi connectivity index (χ4n) is 2.18. The van der Waals surface area contributed by atoms with Gasteiger partial charge in [-0.2, -0.15) is 0 Å². The quantitative estimate of drug-likeness (QED) is 0.696. The van der Waals surface area contributed by atoms with Gasteiger partial charge in [0.2, 0.25) is 0 Å². The molecule has 124 valence electrons. The molecule has 25 heavy (non-hydrogen) atoms. The number of pyridine rings is 2. The Morgan fingerprint density at radius 1 is 0.880 bits per heavy atom. The second kappa shape index (κ2) is 7.35. The van der Waals surface area contributed by atoms with Crippen molar-refractivity contribution in [1.29, 1.82) is 0 Å². The first-order valence-corrected chi connectivity index (χ1v) is 7.67. The molecule has 0 radical (unpaired) electrons. The Morgan fingerprint density at radius 3 is 2.24 bits per heavy atom. The molecule has 0 unspecified atom stereocenters. The zero-order chi connectivity index (χ0) is 17.6. The number of carbonyl (C=O) groups excluding carboxylic acids is 2. The van der Waals surface area contributed by atoms with Gasteiger partial charge in [-0.1, -0.05) is 0 Å². The lowest BCUT2D eigenvalue weighted by Gasteiger charge is -2.08. The van der Waals surface area contributed by atoms with Crippen molar-refractivity contribution in [1.82, 2.24) is 9.97 Å². The van der Waals surface area contributed by atoms with E-state index in [2.05, 4.69) is 20.6 Å². The predicted molar refractivity (Wildman–Crippen MR) is 96.2 cm³/mol. The van der Waals surface area contributed by atoms with Crippen LogP contribution in [0.25, 0.3) is 0 Å². The van der Waals surface area contributed by atoms with Gasteiger partial charge in [-0.3, -0.25) is 14.6 Å². The molecule has 0 aliphatic heterocycles. The SMILES string of the molecule is CC(=O)c1ccc(Nc2ccc(NC(=O)c3cccnc3)nc2)cc1. The molecule has 2 aromatic heterocycles. The van der Waals surface area contributed by atoms with Crippen molar-refractivity contribution >= 4 is 28.9 Å². The number of rotatable bonds is 5. The number of nitrogens with one attached hydrogen (secondary N) is 2. The highest BCUT2D eigenvalue weighted by atomic mass is 16.1. The van der Waals surface area contributed by atoms with Crippen molar-refractivity contribution in [2.24, 2.45) is 0 Å². The van der Waals surface area contributed by atoms with Gasteiger partial charge in [0.1, 0.15) is 5.82 Å². The topological polar surface area (TPSA) is 84.0 Å². The first kappa shape index (κ1) is 16.3. The number of ketones is 1. The molecule has 1 aromatic carbocycles. The summed E-state index contributed by atoms with van der Waals surface area (Å²) in [5.41, 5.74) is 2.75. The summed E-state index contributed by atoms with van der Waals surface area (Å²) < 4.78 is 0. The first-order valence-electron chi connectivity index (χ1n) is 7.67. The van der Waals surface area contributed by atoms with Crippen LogP contribution in [0.2, 0.25) is 0 Å². The van der Waals surface area contributed by atoms with Crippen LogP contribution >= 0.6 is 0 Å². The Balaban J connectivity index is 1.64. The molecule has 3 aromatic rings. The highest BCUT2D eigenvalue weighted by Gasteiger charge is 2.06. The van der Waals surface area contributed by atoms with Crippen LogP contribution in [0.4, 0.5) is 17.2 Å². The molecule has 0 spiro atoms. The standard InChI is InChI=1S/C19H16N4O2/c1-13(24)14-4-6-16(7-5-14)22-17-8-9-18(21-12-17)23-19(25)15-3-2-10-20-11-15/h2-12,22H,1H3,(H,21,23,25). The average Bonchev–Trinajstić information content (AvgIpc) is 2.64. The summed E-state index contributed by atoms with van der Waals surface area (Å²) in [4.78, 5) is 31.4. The van der Waals surface area contributed by atoms with Crippen LogP contribution < -0.4 is 10.6 Å². The number of amides is 1. The lowest BCUT2D eigenvalue weighted by Crippen LogP contribution is -2.13. The summed E-state index contributed by atoms with van der Waals surface area (Å²) in [7, 11) is 0. The van der Waals surface area contributed by atoms with Gasteiger partial charge in [-0.25, -0.2) is 4.98 Å². The minimum Gasteiger partial charge on any atom is -0.354 e. The number of nitrogens with zero attached hydrogens (tertiary/aromatic N) is 2. The van der Waals surface area contributed by atoms with Gasteiger partial charge in [0.15, 0.2) is 5.78 Å². The molecule has 0 aliphatic rings. The minimum absolute atomic E-state index is 0.0296. The third-order valence-electron chi connectivity index (χ3n) is 3.51. The molecule has 0 saturated heterocycles. The van der Waals surface area contributed by atoms with Crippen molar-refractivity contribution in [3.05, 3.63) is 78.2 Å². The van der Waals surface area contributed by atoms with E-state index in [1.807, 2.05) is 18.2 Å². The van der Waals surface area contributed by atoms with Crippen LogP contribution in [0.5, 0.6) is 0 Å². The van der Waals surface area contributed by atoms with Crippen molar-refractivity contribution in [2.45, 2.75) is 6.92 Å². The normalized spacial score (nSPS) is 10.1. The molecule has 0 bridgehead atoms. The Labute approximate surface area is 145 Å². The van der Waals surface area contributed by atoms with E-state index < -0.39 is 0 Å². The second-order valence-corrected chi connectivity index (χ2v) is 5.39. The summed E-state index contributed by atoms with van der Waals surface area (Å²) in [6, 6.07) is 14.1. The van der Waals surface area contributed by atoms with Crippen LogP contribution in [0.3, 0.4) is 0 Å². The molecule has 0 atom stereocenters. The number of hydrogen-bond acceptors (Lipinski definition) is 5. The van der Waals surface area contributed by atoms with Gasteiger partial charge >= 0.3 is 0 Å². The highest BCUT2D eigenvalue weighted by Crippen LogP contribution is 2.18. The molecule has 0 saturated carbocycles. The van der Waals surface area contributed by atoms with Crippen LogP contribution in [0, 0.1) is 0 Å². The maximum atomic E-state index is 12.0. The number of carbonyl (C=O) groups is 2. The fraction of sp³-hybridized carbons (Fsp3) is 0.0526. The van der Waals surface area contributed by atoms with E-state index in [1.165, 1.54) is 13.1 Å². The van der Waals surface area contributed by atoms with Crippen LogP contribution in [0.15, 0.2) is 67.1 Å². The number of aromatic nitrogens is 2. The molecule has 1 amide bonds. The summed E-state index contributed by atoms with van der Waals surface area (Å²) >= 11 is 0. The molecule has 0 aliphatic carbocycles. The van der Waals surface area contributed by atoms with Gasteiger partial charge in [-0.15, -0.1) is 0 Å². The average molecular weight is 332 g/mol. The largest absolute Gasteiger partial charge is 0.354 e. The number of anilines is 3. The van der Waals surface area contributed by atoms with Gasteiger partial charge in [-0.05, 0) is 55.5 Å². The second-order valence-electron chi connectivity index (χ2n) is 5.39. The third-order valence-corrected chi connectivity index (χ3v) is 3.51. The molecule has 2 heterocycles. The van der Waals surface area contributed by atoms with E-state index in [9.17, 15) is 9.59 Å². The zero-order valence-electron chi connectivity index (χ0n) is 13.6. The van der Waals surface area contributed by atoms with E-state index in [0.29, 0.717) is 16.9 Å². The van der Waals surface area contributed by atoms with E-state index in [-0.39, 0.29) is 11.7 Å².